The number of carbonyl (C=O) groups excluding carboxylic acids is 2. The number of anilines is 2. The highest BCUT2D eigenvalue weighted by Gasteiger charge is 2.27. The first kappa shape index (κ1) is 14.9. The van der Waals surface area contributed by atoms with E-state index in [1.54, 1.807) is 6.07 Å². The molecule has 0 radical (unpaired) electrons. The monoisotopic (exact) mass is 338 g/mol. The van der Waals surface area contributed by atoms with Crippen LogP contribution in [-0.4, -0.2) is 29.3 Å². The largest absolute Gasteiger partial charge is 0.465 e. The van der Waals surface area contributed by atoms with Crippen LogP contribution in [-0.2, 0) is 4.74 Å². The van der Waals surface area contributed by atoms with Crippen LogP contribution in [0.25, 0.3) is 0 Å². The minimum absolute atomic E-state index is 0.367. The van der Waals surface area contributed by atoms with E-state index in [2.05, 4.69) is 20.8 Å². The van der Waals surface area contributed by atoms with Gasteiger partial charge in [-0.2, -0.15) is 0 Å². The van der Waals surface area contributed by atoms with Crippen molar-refractivity contribution in [2.45, 2.75) is 25.7 Å². The lowest BCUT2D eigenvalue weighted by Crippen LogP contribution is -2.20. The normalized spacial score (nSPS) is 13.7. The third-order valence-corrected chi connectivity index (χ3v) is 5.09. The van der Waals surface area contributed by atoms with Crippen molar-refractivity contribution in [1.82, 2.24) is 10.2 Å². The molecule has 2 aromatic rings. The molecule has 2 heterocycles. The van der Waals surface area contributed by atoms with Crippen molar-refractivity contribution in [2.24, 2.45) is 0 Å². The first-order valence-electron chi connectivity index (χ1n) is 6.67. The molecule has 1 saturated carbocycles. The molecule has 1 fully saturated rings. The van der Waals surface area contributed by atoms with Crippen molar-refractivity contribution in [3.63, 3.8) is 0 Å². The van der Waals surface area contributed by atoms with E-state index in [9.17, 15) is 9.59 Å². The predicted octanol–water partition coefficient (Wildman–Crippen LogP) is 3.22. The number of aromatic nitrogens is 2. The Hall–Kier alpha value is -2.00. The Bertz CT molecular complexity index is 721. The van der Waals surface area contributed by atoms with Crippen LogP contribution in [0.1, 0.15) is 38.3 Å². The fraction of sp³-hybridized carbons (Fsp3) is 0.385. The van der Waals surface area contributed by atoms with Crippen LogP contribution < -0.4 is 10.6 Å². The van der Waals surface area contributed by atoms with E-state index in [-0.39, 0.29) is 0 Å². The lowest BCUT2D eigenvalue weighted by atomic mass is 10.3. The molecule has 9 heteroatoms. The smallest absolute Gasteiger partial charge is 0.350 e. The number of aryl methyl sites for hydroxylation is 1. The van der Waals surface area contributed by atoms with Crippen molar-refractivity contribution in [3.05, 3.63) is 20.8 Å². The summed E-state index contributed by atoms with van der Waals surface area (Å²) in [6.45, 7) is 1.85. The summed E-state index contributed by atoms with van der Waals surface area (Å²) in [4.78, 5) is 25.0. The maximum Gasteiger partial charge on any atom is 0.350 e. The van der Waals surface area contributed by atoms with Gasteiger partial charge in [-0.3, -0.25) is 5.32 Å². The molecule has 0 atom stereocenters. The Labute approximate surface area is 134 Å². The third-order valence-electron chi connectivity index (χ3n) is 3.06. The second kappa shape index (κ2) is 6.01. The highest BCUT2D eigenvalue weighted by Crippen LogP contribution is 2.42. The summed E-state index contributed by atoms with van der Waals surface area (Å²) in [6, 6.07) is 1.27. The number of methoxy groups -OCH3 is 1. The minimum Gasteiger partial charge on any atom is -0.465 e. The second-order valence-electron chi connectivity index (χ2n) is 4.89. The van der Waals surface area contributed by atoms with Gasteiger partial charge in [0.05, 0.1) is 12.8 Å². The number of hydrogen-bond acceptors (Lipinski definition) is 7. The van der Waals surface area contributed by atoms with Crippen molar-refractivity contribution in [1.29, 1.82) is 0 Å². The van der Waals surface area contributed by atoms with Crippen LogP contribution in [0.3, 0.4) is 0 Å². The third kappa shape index (κ3) is 3.25. The standard InChI is InChI=1S/C13H14N4O3S2/c1-6-5-8(9(21-6)11(18)20-2)14-12(19)15-13-17-16-10(22-13)7-3-4-7/h5,7H,3-4H2,1-2H3,(H2,14,15,17,19). The zero-order valence-corrected chi connectivity index (χ0v) is 13.6. The van der Waals surface area contributed by atoms with Gasteiger partial charge in [-0.05, 0) is 25.8 Å². The molecular formula is C13H14N4O3S2. The Kier molecular flexibility index (Phi) is 4.08. The number of esters is 1. The summed E-state index contributed by atoms with van der Waals surface area (Å²) >= 11 is 2.65. The van der Waals surface area contributed by atoms with Crippen molar-refractivity contribution >= 4 is 45.5 Å². The molecular weight excluding hydrogens is 324 g/mol. The summed E-state index contributed by atoms with van der Waals surface area (Å²) in [5.41, 5.74) is 0.429. The van der Waals surface area contributed by atoms with Crippen molar-refractivity contribution in [3.8, 4) is 0 Å². The summed E-state index contributed by atoms with van der Waals surface area (Å²) < 4.78 is 4.71. The SMILES string of the molecule is COC(=O)c1sc(C)cc1NC(=O)Nc1nnc(C2CC2)s1. The van der Waals surface area contributed by atoms with Gasteiger partial charge >= 0.3 is 12.0 Å². The van der Waals surface area contributed by atoms with Gasteiger partial charge in [0.15, 0.2) is 0 Å². The van der Waals surface area contributed by atoms with Crippen molar-refractivity contribution in [2.75, 3.05) is 17.7 Å². The second-order valence-corrected chi connectivity index (χ2v) is 7.16. The van der Waals surface area contributed by atoms with E-state index in [1.807, 2.05) is 6.92 Å². The Morgan fingerprint density at radius 3 is 2.73 bits per heavy atom. The van der Waals surface area contributed by atoms with Crippen LogP contribution in [0.2, 0.25) is 0 Å². The molecule has 7 nitrogen and oxygen atoms in total. The first-order chi connectivity index (χ1) is 10.6. The summed E-state index contributed by atoms with van der Waals surface area (Å²) in [5.74, 6) is 0.0295. The van der Waals surface area contributed by atoms with E-state index in [1.165, 1.54) is 29.8 Å². The van der Waals surface area contributed by atoms with Crippen LogP contribution in [0.15, 0.2) is 6.07 Å². The van der Waals surface area contributed by atoms with E-state index in [4.69, 9.17) is 4.74 Å². The van der Waals surface area contributed by atoms with Gasteiger partial charge in [0, 0.05) is 10.8 Å². The van der Waals surface area contributed by atoms with E-state index < -0.39 is 12.0 Å². The average molecular weight is 338 g/mol. The topological polar surface area (TPSA) is 93.2 Å². The number of thiophene rings is 1. The molecule has 0 saturated heterocycles. The van der Waals surface area contributed by atoms with Crippen LogP contribution in [0, 0.1) is 6.92 Å². The Balaban J connectivity index is 1.67. The highest BCUT2D eigenvalue weighted by atomic mass is 32.1. The molecule has 2 N–H and O–H groups in total. The van der Waals surface area contributed by atoms with Gasteiger partial charge in [0.1, 0.15) is 9.88 Å². The minimum atomic E-state index is -0.472. The van der Waals surface area contributed by atoms with Crippen molar-refractivity contribution < 1.29 is 14.3 Å². The molecule has 0 aliphatic heterocycles. The lowest BCUT2D eigenvalue weighted by molar-refractivity contribution is 0.0607. The first-order valence-corrected chi connectivity index (χ1v) is 8.30. The number of nitrogens with one attached hydrogen (secondary N) is 2. The number of nitrogens with zero attached hydrogens (tertiary/aromatic N) is 2. The summed E-state index contributed by atoms with van der Waals surface area (Å²) in [7, 11) is 1.31. The number of urea groups is 1. The van der Waals surface area contributed by atoms with Gasteiger partial charge in [-0.25, -0.2) is 9.59 Å². The number of ether oxygens (including phenoxy) is 1. The molecule has 3 rings (SSSR count). The van der Waals surface area contributed by atoms with E-state index >= 15 is 0 Å². The summed E-state index contributed by atoms with van der Waals surface area (Å²) in [5, 5.41) is 14.7. The molecule has 22 heavy (non-hydrogen) atoms. The molecule has 0 spiro atoms. The zero-order chi connectivity index (χ0) is 15.7. The molecule has 0 bridgehead atoms. The number of rotatable bonds is 4. The van der Waals surface area contributed by atoms with E-state index in [0.29, 0.717) is 21.6 Å². The maximum absolute atomic E-state index is 12.0. The number of carbonyl (C=O) groups is 2. The molecule has 0 unspecified atom stereocenters. The van der Waals surface area contributed by atoms with Crippen LogP contribution in [0.4, 0.5) is 15.6 Å². The van der Waals surface area contributed by atoms with Gasteiger partial charge in [-0.1, -0.05) is 11.3 Å². The molecule has 116 valence electrons. The van der Waals surface area contributed by atoms with Gasteiger partial charge in [0.25, 0.3) is 0 Å². The fourth-order valence-electron chi connectivity index (χ4n) is 1.88. The number of hydrogen-bond donors (Lipinski definition) is 2. The molecule has 2 amide bonds. The van der Waals surface area contributed by atoms with E-state index in [0.717, 1.165) is 22.7 Å². The Morgan fingerprint density at radius 1 is 1.27 bits per heavy atom. The molecule has 0 aromatic carbocycles. The predicted molar refractivity (Wildman–Crippen MR) is 84.9 cm³/mol. The lowest BCUT2D eigenvalue weighted by Gasteiger charge is -2.05. The van der Waals surface area contributed by atoms with Crippen LogP contribution in [0.5, 0.6) is 0 Å². The number of amides is 2. The zero-order valence-electron chi connectivity index (χ0n) is 12.0. The highest BCUT2D eigenvalue weighted by molar-refractivity contribution is 7.15. The van der Waals surface area contributed by atoms with Crippen LogP contribution >= 0.6 is 22.7 Å². The Morgan fingerprint density at radius 2 is 2.05 bits per heavy atom. The molecule has 1 aliphatic rings. The fourth-order valence-corrected chi connectivity index (χ4v) is 3.68. The molecule has 1 aliphatic carbocycles. The van der Waals surface area contributed by atoms with Gasteiger partial charge in [-0.15, -0.1) is 21.5 Å². The van der Waals surface area contributed by atoms with Gasteiger partial charge in [0.2, 0.25) is 5.13 Å². The van der Waals surface area contributed by atoms with Gasteiger partial charge < -0.3 is 10.1 Å². The maximum atomic E-state index is 12.0. The average Bonchev–Trinajstić information content (AvgIpc) is 3.13. The quantitative estimate of drug-likeness (QED) is 0.835. The molecule has 2 aromatic heterocycles. The summed E-state index contributed by atoms with van der Waals surface area (Å²) in [6.07, 6.45) is 2.27.